The van der Waals surface area contributed by atoms with Gasteiger partial charge in [0.2, 0.25) is 0 Å². The minimum atomic E-state index is -0.545. The molecule has 0 radical (unpaired) electrons. The maximum Gasteiger partial charge on any atom is 0.277 e. The van der Waals surface area contributed by atoms with E-state index in [4.69, 9.17) is 0 Å². The highest BCUT2D eigenvalue weighted by Gasteiger charge is 2.18. The standard InChI is InChI=1S/C20H13N3O2/c24-19(17-15-7-3-1-5-13(15)9-11-21-17)23-20(25)18-16-8-4-2-6-14(16)10-12-22-18/h1-12H,(H,23,24,25). The maximum atomic E-state index is 12.6. The van der Waals surface area contributed by atoms with E-state index >= 15 is 0 Å². The van der Waals surface area contributed by atoms with Gasteiger partial charge >= 0.3 is 0 Å². The molecule has 0 spiro atoms. The van der Waals surface area contributed by atoms with Gasteiger partial charge in [0.1, 0.15) is 11.4 Å². The molecular formula is C20H13N3O2. The Morgan fingerprint density at radius 3 is 1.56 bits per heavy atom. The summed E-state index contributed by atoms with van der Waals surface area (Å²) in [6.07, 6.45) is 3.11. The van der Waals surface area contributed by atoms with Gasteiger partial charge in [0.05, 0.1) is 0 Å². The molecule has 0 aliphatic rings. The van der Waals surface area contributed by atoms with E-state index in [0.29, 0.717) is 10.8 Å². The molecule has 0 saturated carbocycles. The van der Waals surface area contributed by atoms with E-state index in [1.165, 1.54) is 0 Å². The minimum Gasteiger partial charge on any atom is -0.285 e. The first-order valence-electron chi connectivity index (χ1n) is 7.77. The molecule has 25 heavy (non-hydrogen) atoms. The van der Waals surface area contributed by atoms with Crippen LogP contribution in [0.25, 0.3) is 21.5 Å². The molecule has 0 saturated heterocycles. The van der Waals surface area contributed by atoms with E-state index in [1.54, 1.807) is 24.5 Å². The molecule has 120 valence electrons. The highest BCUT2D eigenvalue weighted by molar-refractivity contribution is 6.16. The van der Waals surface area contributed by atoms with E-state index in [-0.39, 0.29) is 11.4 Å². The lowest BCUT2D eigenvalue weighted by Crippen LogP contribution is -2.32. The van der Waals surface area contributed by atoms with Crippen LogP contribution in [0.1, 0.15) is 21.0 Å². The van der Waals surface area contributed by atoms with Crippen molar-refractivity contribution in [1.82, 2.24) is 15.3 Å². The van der Waals surface area contributed by atoms with Crippen LogP contribution < -0.4 is 5.32 Å². The van der Waals surface area contributed by atoms with Crippen molar-refractivity contribution in [1.29, 1.82) is 0 Å². The van der Waals surface area contributed by atoms with Crippen LogP contribution in [0.5, 0.6) is 0 Å². The summed E-state index contributed by atoms with van der Waals surface area (Å²) in [4.78, 5) is 33.4. The van der Waals surface area contributed by atoms with Gasteiger partial charge in [0, 0.05) is 23.2 Å². The Hall–Kier alpha value is -3.60. The number of hydrogen-bond donors (Lipinski definition) is 1. The van der Waals surface area contributed by atoms with Crippen LogP contribution in [0, 0.1) is 0 Å². The number of carbonyl (C=O) groups excluding carboxylic acids is 2. The van der Waals surface area contributed by atoms with Crippen molar-refractivity contribution in [2.75, 3.05) is 0 Å². The number of nitrogens with zero attached hydrogens (tertiary/aromatic N) is 2. The predicted octanol–water partition coefficient (Wildman–Crippen LogP) is 3.35. The van der Waals surface area contributed by atoms with Crippen LogP contribution in [0.15, 0.2) is 73.1 Å². The van der Waals surface area contributed by atoms with Gasteiger partial charge in [-0.2, -0.15) is 0 Å². The lowest BCUT2D eigenvalue weighted by molar-refractivity contribution is 0.0845. The number of aromatic nitrogens is 2. The van der Waals surface area contributed by atoms with E-state index in [9.17, 15) is 9.59 Å². The summed E-state index contributed by atoms with van der Waals surface area (Å²) in [5, 5.41) is 5.56. The third-order valence-corrected chi connectivity index (χ3v) is 4.00. The van der Waals surface area contributed by atoms with Crippen molar-refractivity contribution in [3.8, 4) is 0 Å². The number of carbonyl (C=O) groups is 2. The second kappa shape index (κ2) is 6.13. The Bertz CT molecular complexity index is 1020. The molecule has 2 amide bonds. The zero-order chi connectivity index (χ0) is 17.2. The summed E-state index contributed by atoms with van der Waals surface area (Å²) in [7, 11) is 0. The predicted molar refractivity (Wildman–Crippen MR) is 95.3 cm³/mol. The molecule has 0 fully saturated rings. The van der Waals surface area contributed by atoms with Gasteiger partial charge in [-0.15, -0.1) is 0 Å². The van der Waals surface area contributed by atoms with Crippen molar-refractivity contribution < 1.29 is 9.59 Å². The highest BCUT2D eigenvalue weighted by atomic mass is 16.2. The number of nitrogens with one attached hydrogen (secondary N) is 1. The molecule has 2 aromatic heterocycles. The SMILES string of the molecule is O=C(NC(=O)c1nccc2ccccc12)c1nccc2ccccc12. The Morgan fingerprint density at radius 2 is 1.08 bits per heavy atom. The van der Waals surface area contributed by atoms with Gasteiger partial charge in [-0.1, -0.05) is 48.5 Å². The second-order valence-electron chi connectivity index (χ2n) is 5.54. The third kappa shape index (κ3) is 2.72. The molecule has 1 N–H and O–H groups in total. The fraction of sp³-hybridized carbons (Fsp3) is 0. The summed E-state index contributed by atoms with van der Waals surface area (Å²) in [5.41, 5.74) is 0.429. The number of rotatable bonds is 2. The van der Waals surface area contributed by atoms with Crippen molar-refractivity contribution in [3.63, 3.8) is 0 Å². The minimum absolute atomic E-state index is 0.215. The van der Waals surface area contributed by atoms with Crippen molar-refractivity contribution in [3.05, 3.63) is 84.4 Å². The molecule has 5 heteroatoms. The molecule has 0 bridgehead atoms. The fourth-order valence-electron chi connectivity index (χ4n) is 2.82. The number of amides is 2. The molecule has 0 atom stereocenters. The van der Waals surface area contributed by atoms with Crippen molar-refractivity contribution in [2.24, 2.45) is 0 Å². The van der Waals surface area contributed by atoms with E-state index in [0.717, 1.165) is 10.8 Å². The molecule has 0 aliphatic heterocycles. The number of benzene rings is 2. The Balaban J connectivity index is 1.69. The lowest BCUT2D eigenvalue weighted by atomic mass is 10.1. The zero-order valence-electron chi connectivity index (χ0n) is 13.1. The summed E-state index contributed by atoms with van der Waals surface area (Å²) in [6.45, 7) is 0. The van der Waals surface area contributed by atoms with Crippen molar-refractivity contribution in [2.45, 2.75) is 0 Å². The van der Waals surface area contributed by atoms with Gasteiger partial charge in [0.25, 0.3) is 11.8 Å². The fourth-order valence-corrected chi connectivity index (χ4v) is 2.82. The number of imide groups is 1. The Labute approximate surface area is 143 Å². The largest absolute Gasteiger partial charge is 0.285 e. The average molecular weight is 327 g/mol. The quantitative estimate of drug-likeness (QED) is 0.573. The van der Waals surface area contributed by atoms with Gasteiger partial charge in [-0.3, -0.25) is 24.9 Å². The van der Waals surface area contributed by atoms with E-state index in [1.807, 2.05) is 48.5 Å². The second-order valence-corrected chi connectivity index (χ2v) is 5.54. The summed E-state index contributed by atoms with van der Waals surface area (Å²) < 4.78 is 0. The molecule has 5 nitrogen and oxygen atoms in total. The average Bonchev–Trinajstić information content (AvgIpc) is 2.67. The first-order chi connectivity index (χ1) is 12.2. The molecule has 4 rings (SSSR count). The van der Waals surface area contributed by atoms with Crippen molar-refractivity contribution >= 4 is 33.4 Å². The molecule has 0 aliphatic carbocycles. The molecule has 2 heterocycles. The Morgan fingerprint density at radius 1 is 0.640 bits per heavy atom. The van der Waals surface area contributed by atoms with Crippen LogP contribution in [0.2, 0.25) is 0 Å². The van der Waals surface area contributed by atoms with Crippen LogP contribution >= 0.6 is 0 Å². The topological polar surface area (TPSA) is 72.0 Å². The number of pyridine rings is 2. The van der Waals surface area contributed by atoms with Gasteiger partial charge < -0.3 is 0 Å². The first kappa shape index (κ1) is 15.0. The molecular weight excluding hydrogens is 314 g/mol. The molecule has 0 unspecified atom stereocenters. The van der Waals surface area contributed by atoms with Gasteiger partial charge in [-0.25, -0.2) is 0 Å². The van der Waals surface area contributed by atoms with Crippen LogP contribution in [0.4, 0.5) is 0 Å². The molecule has 2 aromatic carbocycles. The number of hydrogen-bond acceptors (Lipinski definition) is 4. The third-order valence-electron chi connectivity index (χ3n) is 4.00. The van der Waals surface area contributed by atoms with Crippen LogP contribution in [0.3, 0.4) is 0 Å². The smallest absolute Gasteiger partial charge is 0.277 e. The zero-order valence-corrected chi connectivity index (χ0v) is 13.1. The summed E-state index contributed by atoms with van der Waals surface area (Å²) in [5.74, 6) is -1.09. The highest BCUT2D eigenvalue weighted by Crippen LogP contribution is 2.18. The van der Waals surface area contributed by atoms with E-state index in [2.05, 4.69) is 15.3 Å². The van der Waals surface area contributed by atoms with Gasteiger partial charge in [-0.05, 0) is 22.9 Å². The van der Waals surface area contributed by atoms with Crippen LogP contribution in [-0.4, -0.2) is 21.8 Å². The summed E-state index contributed by atoms with van der Waals surface area (Å²) in [6, 6.07) is 18.5. The lowest BCUT2D eigenvalue weighted by Gasteiger charge is -2.07. The van der Waals surface area contributed by atoms with E-state index < -0.39 is 11.8 Å². The van der Waals surface area contributed by atoms with Gasteiger partial charge in [0.15, 0.2) is 0 Å². The molecule has 4 aromatic rings. The normalized spacial score (nSPS) is 10.7. The maximum absolute atomic E-state index is 12.6. The number of fused-ring (bicyclic) bond motifs is 2. The van der Waals surface area contributed by atoms with Crippen LogP contribution in [-0.2, 0) is 0 Å². The summed E-state index contributed by atoms with van der Waals surface area (Å²) >= 11 is 0. The Kier molecular flexibility index (Phi) is 3.67. The monoisotopic (exact) mass is 327 g/mol. The first-order valence-corrected chi connectivity index (χ1v) is 7.77.